The fraction of sp³-hybridized carbons (Fsp3) is 0.200. The molecule has 0 aliphatic rings. The highest BCUT2D eigenvalue weighted by Gasteiger charge is 2.05. The maximum absolute atomic E-state index is 5.30. The molecule has 0 bridgehead atoms. The quantitative estimate of drug-likeness (QED) is 0.628. The summed E-state index contributed by atoms with van der Waals surface area (Å²) in [6, 6.07) is 3.88. The molecule has 2 heteroatoms. The van der Waals surface area contributed by atoms with Crippen LogP contribution in [0.15, 0.2) is 35.2 Å². The van der Waals surface area contributed by atoms with E-state index in [0.717, 1.165) is 5.76 Å². The van der Waals surface area contributed by atoms with E-state index >= 15 is 0 Å². The van der Waals surface area contributed by atoms with E-state index in [9.17, 15) is 0 Å². The second kappa shape index (κ2) is 2.55. The van der Waals surface area contributed by atoms with E-state index in [1.165, 1.54) is 11.1 Å². The predicted octanol–water partition coefficient (Wildman–Crippen LogP) is 2.59. The molecule has 0 unspecified atom stereocenters. The molecule has 0 aliphatic heterocycles. The Kier molecular flexibility index (Phi) is 1.54. The number of aryl methyl sites for hydroxylation is 2. The number of aromatic nitrogens is 1. The van der Waals surface area contributed by atoms with Gasteiger partial charge in [0.2, 0.25) is 0 Å². The number of hydrogen-bond acceptors (Lipinski definition) is 1. The first-order chi connectivity index (χ1) is 5.77. The van der Waals surface area contributed by atoms with Crippen LogP contribution in [0.25, 0.3) is 11.3 Å². The van der Waals surface area contributed by atoms with E-state index in [4.69, 9.17) is 4.42 Å². The molecule has 0 saturated heterocycles. The normalized spacial score (nSPS) is 10.5. The summed E-state index contributed by atoms with van der Waals surface area (Å²) in [5.74, 6) is 0.938. The van der Waals surface area contributed by atoms with Crippen LogP contribution in [0.5, 0.6) is 0 Å². The largest absolute Gasteiger partial charge is 0.464 e. The minimum atomic E-state index is 0.938. The van der Waals surface area contributed by atoms with Crippen molar-refractivity contribution in [2.24, 2.45) is 7.05 Å². The molecular formula is C10H11NO. The van der Waals surface area contributed by atoms with E-state index in [-0.39, 0.29) is 0 Å². The van der Waals surface area contributed by atoms with E-state index < -0.39 is 0 Å². The van der Waals surface area contributed by atoms with E-state index in [2.05, 4.69) is 19.3 Å². The van der Waals surface area contributed by atoms with Crippen LogP contribution in [-0.4, -0.2) is 4.57 Å². The second-order valence-electron chi connectivity index (χ2n) is 3.00. The van der Waals surface area contributed by atoms with Crippen molar-refractivity contribution in [2.75, 3.05) is 0 Å². The van der Waals surface area contributed by atoms with Crippen LogP contribution in [0, 0.1) is 6.92 Å². The van der Waals surface area contributed by atoms with Gasteiger partial charge in [0.25, 0.3) is 0 Å². The summed E-state index contributed by atoms with van der Waals surface area (Å²) in [6.07, 6.45) is 5.84. The molecule has 0 amide bonds. The van der Waals surface area contributed by atoms with Crippen LogP contribution < -0.4 is 0 Å². The average Bonchev–Trinajstić information content (AvgIpc) is 2.58. The molecule has 2 rings (SSSR count). The topological polar surface area (TPSA) is 18.1 Å². The fourth-order valence-corrected chi connectivity index (χ4v) is 1.41. The van der Waals surface area contributed by atoms with Gasteiger partial charge in [0.15, 0.2) is 0 Å². The van der Waals surface area contributed by atoms with Crippen LogP contribution in [0.1, 0.15) is 5.56 Å². The van der Waals surface area contributed by atoms with Gasteiger partial charge in [0, 0.05) is 25.0 Å². The molecule has 2 aromatic rings. The summed E-state index contributed by atoms with van der Waals surface area (Å²) in [5.41, 5.74) is 2.41. The smallest absolute Gasteiger partial charge is 0.135 e. The van der Waals surface area contributed by atoms with Crippen molar-refractivity contribution in [3.8, 4) is 11.3 Å². The van der Waals surface area contributed by atoms with Crippen LogP contribution in [0.2, 0.25) is 0 Å². The number of furan rings is 1. The number of nitrogens with zero attached hydrogens (tertiary/aromatic N) is 1. The Labute approximate surface area is 71.4 Å². The molecule has 0 N–H and O–H groups in total. The highest BCUT2D eigenvalue weighted by molar-refractivity contribution is 5.60. The fourth-order valence-electron chi connectivity index (χ4n) is 1.41. The van der Waals surface area contributed by atoms with Gasteiger partial charge in [-0.05, 0) is 24.6 Å². The monoisotopic (exact) mass is 161 g/mol. The SMILES string of the molecule is Cc1cn(C)cc1-c1ccco1. The van der Waals surface area contributed by atoms with Gasteiger partial charge >= 0.3 is 0 Å². The summed E-state index contributed by atoms with van der Waals surface area (Å²) < 4.78 is 7.34. The first-order valence-electron chi connectivity index (χ1n) is 3.94. The minimum absolute atomic E-state index is 0.938. The van der Waals surface area contributed by atoms with Crippen molar-refractivity contribution in [2.45, 2.75) is 6.92 Å². The summed E-state index contributed by atoms with van der Waals surface area (Å²) in [5, 5.41) is 0. The molecule has 0 saturated carbocycles. The molecule has 0 spiro atoms. The Hall–Kier alpha value is -1.44. The first-order valence-corrected chi connectivity index (χ1v) is 3.94. The maximum atomic E-state index is 5.30. The van der Waals surface area contributed by atoms with Gasteiger partial charge in [-0.1, -0.05) is 0 Å². The third-order valence-electron chi connectivity index (χ3n) is 1.94. The molecule has 0 aliphatic carbocycles. The Morgan fingerprint density at radius 2 is 2.17 bits per heavy atom. The molecule has 12 heavy (non-hydrogen) atoms. The van der Waals surface area contributed by atoms with Crippen molar-refractivity contribution >= 4 is 0 Å². The standard InChI is InChI=1S/C10H11NO/c1-8-6-11(2)7-9(8)10-4-3-5-12-10/h3-7H,1-2H3. The molecule has 2 aromatic heterocycles. The third-order valence-corrected chi connectivity index (χ3v) is 1.94. The van der Waals surface area contributed by atoms with Crippen LogP contribution in [0.4, 0.5) is 0 Å². The lowest BCUT2D eigenvalue weighted by atomic mass is 10.2. The van der Waals surface area contributed by atoms with E-state index in [1.54, 1.807) is 6.26 Å². The van der Waals surface area contributed by atoms with Gasteiger partial charge in [-0.2, -0.15) is 0 Å². The van der Waals surface area contributed by atoms with E-state index in [0.29, 0.717) is 0 Å². The van der Waals surface area contributed by atoms with Crippen molar-refractivity contribution < 1.29 is 4.42 Å². The Balaban J connectivity index is 2.54. The highest BCUT2D eigenvalue weighted by Crippen LogP contribution is 2.23. The Bertz CT molecular complexity index is 370. The van der Waals surface area contributed by atoms with Crippen LogP contribution in [0.3, 0.4) is 0 Å². The van der Waals surface area contributed by atoms with Gasteiger partial charge in [-0.25, -0.2) is 0 Å². The number of hydrogen-bond donors (Lipinski definition) is 0. The molecule has 0 fully saturated rings. The summed E-state index contributed by atoms with van der Waals surface area (Å²) in [4.78, 5) is 0. The summed E-state index contributed by atoms with van der Waals surface area (Å²) in [6.45, 7) is 2.08. The average molecular weight is 161 g/mol. The molecular weight excluding hydrogens is 150 g/mol. The Morgan fingerprint density at radius 1 is 1.33 bits per heavy atom. The van der Waals surface area contributed by atoms with Crippen LogP contribution in [-0.2, 0) is 7.05 Å². The molecule has 62 valence electrons. The Morgan fingerprint density at radius 3 is 2.67 bits per heavy atom. The molecule has 0 radical (unpaired) electrons. The van der Waals surface area contributed by atoms with Crippen molar-refractivity contribution in [1.29, 1.82) is 0 Å². The molecule has 2 nitrogen and oxygen atoms in total. The van der Waals surface area contributed by atoms with Gasteiger partial charge < -0.3 is 8.98 Å². The zero-order valence-electron chi connectivity index (χ0n) is 7.24. The van der Waals surface area contributed by atoms with Crippen molar-refractivity contribution in [3.05, 3.63) is 36.4 Å². The number of rotatable bonds is 1. The molecule has 2 heterocycles. The third kappa shape index (κ3) is 1.05. The highest BCUT2D eigenvalue weighted by atomic mass is 16.3. The lowest BCUT2D eigenvalue weighted by Crippen LogP contribution is -1.77. The second-order valence-corrected chi connectivity index (χ2v) is 3.00. The zero-order chi connectivity index (χ0) is 8.55. The van der Waals surface area contributed by atoms with E-state index in [1.807, 2.05) is 23.7 Å². The first kappa shape index (κ1) is 7.22. The predicted molar refractivity (Wildman–Crippen MR) is 47.9 cm³/mol. The van der Waals surface area contributed by atoms with Gasteiger partial charge in [0.05, 0.1) is 6.26 Å². The van der Waals surface area contributed by atoms with Gasteiger partial charge in [0.1, 0.15) is 5.76 Å². The zero-order valence-corrected chi connectivity index (χ0v) is 7.24. The van der Waals surface area contributed by atoms with Crippen LogP contribution >= 0.6 is 0 Å². The van der Waals surface area contributed by atoms with Crippen molar-refractivity contribution in [1.82, 2.24) is 4.57 Å². The lowest BCUT2D eigenvalue weighted by molar-refractivity contribution is 0.582. The van der Waals surface area contributed by atoms with Crippen molar-refractivity contribution in [3.63, 3.8) is 0 Å². The van der Waals surface area contributed by atoms with Gasteiger partial charge in [-0.15, -0.1) is 0 Å². The molecule has 0 aromatic carbocycles. The van der Waals surface area contributed by atoms with Gasteiger partial charge in [-0.3, -0.25) is 0 Å². The summed E-state index contributed by atoms with van der Waals surface area (Å²) >= 11 is 0. The lowest BCUT2D eigenvalue weighted by Gasteiger charge is -1.91. The maximum Gasteiger partial charge on any atom is 0.135 e. The minimum Gasteiger partial charge on any atom is -0.464 e. The summed E-state index contributed by atoms with van der Waals surface area (Å²) in [7, 11) is 2.01. The molecule has 0 atom stereocenters.